The van der Waals surface area contributed by atoms with E-state index in [0.717, 1.165) is 44.5 Å². The number of likely N-dealkylation sites (tertiary alicyclic amines) is 2. The molecule has 5 heteroatoms. The van der Waals surface area contributed by atoms with Crippen molar-refractivity contribution in [2.45, 2.75) is 57.2 Å². The second-order valence-electron chi connectivity index (χ2n) is 7.80. The first kappa shape index (κ1) is 18.2. The van der Waals surface area contributed by atoms with Gasteiger partial charge in [0.05, 0.1) is 25.3 Å². The van der Waals surface area contributed by atoms with E-state index in [2.05, 4.69) is 17.0 Å². The molecule has 2 atom stereocenters. The van der Waals surface area contributed by atoms with Crippen molar-refractivity contribution < 1.29 is 14.6 Å². The van der Waals surface area contributed by atoms with Crippen LogP contribution in [0.15, 0.2) is 24.3 Å². The van der Waals surface area contributed by atoms with Gasteiger partial charge in [-0.2, -0.15) is 0 Å². The molecule has 1 N–H and O–H groups in total. The van der Waals surface area contributed by atoms with Crippen LogP contribution in [0.2, 0.25) is 0 Å². The van der Waals surface area contributed by atoms with Gasteiger partial charge in [0.1, 0.15) is 5.75 Å². The Morgan fingerprint density at radius 3 is 2.52 bits per heavy atom. The summed E-state index contributed by atoms with van der Waals surface area (Å²) >= 11 is 0. The van der Waals surface area contributed by atoms with E-state index < -0.39 is 5.60 Å². The average Bonchev–Trinajstić information content (AvgIpc) is 3.23. The minimum atomic E-state index is -0.767. The third-order valence-corrected chi connectivity index (χ3v) is 5.59. The van der Waals surface area contributed by atoms with Crippen LogP contribution in [0.4, 0.5) is 0 Å². The average molecular weight is 346 g/mol. The van der Waals surface area contributed by atoms with Gasteiger partial charge in [-0.1, -0.05) is 12.1 Å². The highest BCUT2D eigenvalue weighted by Crippen LogP contribution is 2.34. The largest absolute Gasteiger partial charge is 0.497 e. The van der Waals surface area contributed by atoms with Crippen molar-refractivity contribution in [3.63, 3.8) is 0 Å². The summed E-state index contributed by atoms with van der Waals surface area (Å²) in [6.45, 7) is 5.80. The first-order chi connectivity index (χ1) is 11.9. The minimum Gasteiger partial charge on any atom is -0.497 e. The molecule has 3 rings (SSSR count). The molecule has 0 saturated carbocycles. The van der Waals surface area contributed by atoms with Crippen LogP contribution in [-0.4, -0.2) is 59.2 Å². The Hall–Kier alpha value is -1.59. The van der Waals surface area contributed by atoms with Crippen molar-refractivity contribution >= 4 is 5.91 Å². The highest BCUT2D eigenvalue weighted by molar-refractivity contribution is 5.79. The molecule has 0 aliphatic carbocycles. The molecule has 1 amide bonds. The molecule has 0 radical (unpaired) electrons. The van der Waals surface area contributed by atoms with E-state index >= 15 is 0 Å². The molecular weight excluding hydrogens is 316 g/mol. The molecule has 25 heavy (non-hydrogen) atoms. The van der Waals surface area contributed by atoms with Crippen LogP contribution >= 0.6 is 0 Å². The second-order valence-corrected chi connectivity index (χ2v) is 7.80. The number of amides is 1. The Labute approximate surface area is 150 Å². The molecule has 2 fully saturated rings. The normalized spacial score (nSPS) is 24.7. The zero-order chi connectivity index (χ0) is 18.0. The van der Waals surface area contributed by atoms with Crippen LogP contribution in [0, 0.1) is 0 Å². The number of ether oxygens (including phenoxy) is 1. The highest BCUT2D eigenvalue weighted by Gasteiger charge is 2.38. The monoisotopic (exact) mass is 346 g/mol. The molecule has 1 aromatic carbocycles. The summed E-state index contributed by atoms with van der Waals surface area (Å²) < 4.78 is 5.23. The third-order valence-electron chi connectivity index (χ3n) is 5.59. The summed E-state index contributed by atoms with van der Waals surface area (Å²) in [7, 11) is 1.66. The lowest BCUT2D eigenvalue weighted by molar-refractivity contribution is -0.134. The highest BCUT2D eigenvalue weighted by atomic mass is 16.5. The van der Waals surface area contributed by atoms with Crippen molar-refractivity contribution in [1.29, 1.82) is 0 Å². The Morgan fingerprint density at radius 2 is 1.88 bits per heavy atom. The fraction of sp³-hybridized carbons (Fsp3) is 0.650. The van der Waals surface area contributed by atoms with Crippen LogP contribution in [0.5, 0.6) is 5.75 Å². The number of carbonyl (C=O) groups excluding carboxylic acids is 1. The summed E-state index contributed by atoms with van der Waals surface area (Å²) in [5, 5.41) is 10.4. The smallest absolute Gasteiger partial charge is 0.237 e. The first-order valence-corrected chi connectivity index (χ1v) is 9.30. The summed E-state index contributed by atoms with van der Waals surface area (Å²) in [5.41, 5.74) is 0.407. The number of methoxy groups -OCH3 is 1. The van der Waals surface area contributed by atoms with Gasteiger partial charge in [0.2, 0.25) is 5.91 Å². The lowest BCUT2D eigenvalue weighted by Gasteiger charge is -2.35. The van der Waals surface area contributed by atoms with Gasteiger partial charge in [-0.05, 0) is 63.8 Å². The number of rotatable bonds is 5. The maximum Gasteiger partial charge on any atom is 0.237 e. The number of hydrogen-bond donors (Lipinski definition) is 1. The number of benzene rings is 1. The molecule has 2 heterocycles. The molecule has 0 bridgehead atoms. The molecule has 0 spiro atoms. The van der Waals surface area contributed by atoms with Gasteiger partial charge < -0.3 is 14.7 Å². The topological polar surface area (TPSA) is 53.0 Å². The van der Waals surface area contributed by atoms with Crippen molar-refractivity contribution in [3.05, 3.63) is 29.8 Å². The lowest BCUT2D eigenvalue weighted by atomic mass is 9.96. The van der Waals surface area contributed by atoms with Crippen molar-refractivity contribution in [3.8, 4) is 5.75 Å². The molecule has 138 valence electrons. The standard InChI is InChI=1S/C20H30N2O3/c1-20(2,24)18-7-5-12-21(18)14-19(23)22-13-4-6-17(22)15-8-10-16(25-3)11-9-15/h8-11,17-18,24H,4-7,12-14H2,1-3H3. The zero-order valence-electron chi connectivity index (χ0n) is 15.6. The Balaban J connectivity index is 1.68. The summed E-state index contributed by atoms with van der Waals surface area (Å²) in [4.78, 5) is 17.1. The van der Waals surface area contributed by atoms with E-state index in [-0.39, 0.29) is 18.0 Å². The summed E-state index contributed by atoms with van der Waals surface area (Å²) in [6, 6.07) is 8.26. The fourth-order valence-corrected chi connectivity index (χ4v) is 4.32. The maximum atomic E-state index is 13.0. The van der Waals surface area contributed by atoms with E-state index in [0.29, 0.717) is 6.54 Å². The van der Waals surface area contributed by atoms with E-state index in [1.165, 1.54) is 5.56 Å². The fourth-order valence-electron chi connectivity index (χ4n) is 4.32. The summed E-state index contributed by atoms with van der Waals surface area (Å²) in [5.74, 6) is 1.01. The molecule has 0 aromatic heterocycles. The summed E-state index contributed by atoms with van der Waals surface area (Å²) in [6.07, 6.45) is 4.05. The third kappa shape index (κ3) is 3.98. The first-order valence-electron chi connectivity index (χ1n) is 9.30. The van der Waals surface area contributed by atoms with Crippen LogP contribution in [0.3, 0.4) is 0 Å². The van der Waals surface area contributed by atoms with Crippen LogP contribution < -0.4 is 4.74 Å². The van der Waals surface area contributed by atoms with Gasteiger partial charge in [0.15, 0.2) is 0 Å². The van der Waals surface area contributed by atoms with Gasteiger partial charge in [0.25, 0.3) is 0 Å². The van der Waals surface area contributed by atoms with Crippen LogP contribution in [-0.2, 0) is 4.79 Å². The predicted molar refractivity (Wildman–Crippen MR) is 97.6 cm³/mol. The van der Waals surface area contributed by atoms with E-state index in [9.17, 15) is 9.90 Å². The molecular formula is C20H30N2O3. The molecule has 2 saturated heterocycles. The Bertz CT molecular complexity index is 594. The number of nitrogens with zero attached hydrogens (tertiary/aromatic N) is 2. The maximum absolute atomic E-state index is 13.0. The number of aliphatic hydroxyl groups is 1. The van der Waals surface area contributed by atoms with Crippen LogP contribution in [0.25, 0.3) is 0 Å². The van der Waals surface area contributed by atoms with Gasteiger partial charge in [-0.3, -0.25) is 9.69 Å². The predicted octanol–water partition coefficient (Wildman–Crippen LogP) is 2.59. The van der Waals surface area contributed by atoms with Crippen molar-refractivity contribution in [2.75, 3.05) is 26.7 Å². The Kier molecular flexibility index (Phi) is 5.35. The molecule has 2 aliphatic heterocycles. The SMILES string of the molecule is COc1ccc(C2CCCN2C(=O)CN2CCCC2C(C)(C)O)cc1. The van der Waals surface area contributed by atoms with E-state index in [1.54, 1.807) is 7.11 Å². The van der Waals surface area contributed by atoms with Gasteiger partial charge in [-0.25, -0.2) is 0 Å². The number of hydrogen-bond acceptors (Lipinski definition) is 4. The van der Waals surface area contributed by atoms with Gasteiger partial charge in [0, 0.05) is 12.6 Å². The van der Waals surface area contributed by atoms with E-state index in [1.807, 2.05) is 30.9 Å². The molecule has 2 aliphatic rings. The van der Waals surface area contributed by atoms with Crippen molar-refractivity contribution in [1.82, 2.24) is 9.80 Å². The van der Waals surface area contributed by atoms with Gasteiger partial charge in [-0.15, -0.1) is 0 Å². The quantitative estimate of drug-likeness (QED) is 0.890. The molecule has 1 aromatic rings. The van der Waals surface area contributed by atoms with Gasteiger partial charge >= 0.3 is 0 Å². The molecule has 2 unspecified atom stereocenters. The minimum absolute atomic E-state index is 0.0680. The Morgan fingerprint density at radius 1 is 1.20 bits per heavy atom. The lowest BCUT2D eigenvalue weighted by Crippen LogP contribution is -2.49. The zero-order valence-corrected chi connectivity index (χ0v) is 15.6. The van der Waals surface area contributed by atoms with Crippen LogP contribution in [0.1, 0.15) is 51.1 Å². The second kappa shape index (κ2) is 7.34. The van der Waals surface area contributed by atoms with E-state index in [4.69, 9.17) is 4.74 Å². The van der Waals surface area contributed by atoms with Crippen molar-refractivity contribution in [2.24, 2.45) is 0 Å². The molecule has 5 nitrogen and oxygen atoms in total. The number of carbonyl (C=O) groups is 1.